The highest BCUT2D eigenvalue weighted by Gasteiger charge is 2.47. The highest BCUT2D eigenvalue weighted by Crippen LogP contribution is 2.53. The molecule has 10 nitrogen and oxygen atoms in total. The lowest BCUT2D eigenvalue weighted by atomic mass is 9.87. The highest BCUT2D eigenvalue weighted by atomic mass is 32.2. The number of rotatable bonds is 6. The Kier molecular flexibility index (Phi) is 6.49. The van der Waals surface area contributed by atoms with Crippen LogP contribution in [0.5, 0.6) is 23.0 Å². The van der Waals surface area contributed by atoms with Crippen molar-refractivity contribution in [3.05, 3.63) is 93.7 Å². The number of nitriles is 1. The van der Waals surface area contributed by atoms with Gasteiger partial charge in [0.15, 0.2) is 17.3 Å². The van der Waals surface area contributed by atoms with Crippen molar-refractivity contribution >= 4 is 21.5 Å². The van der Waals surface area contributed by atoms with E-state index in [-0.39, 0.29) is 45.9 Å². The Bertz CT molecular complexity index is 1660. The van der Waals surface area contributed by atoms with Crippen LogP contribution in [0.2, 0.25) is 0 Å². The molecule has 3 aromatic carbocycles. The third-order valence-corrected chi connectivity index (χ3v) is 8.54. The molecule has 1 unspecified atom stereocenters. The molecular formula is C28H25N3O7S. The van der Waals surface area contributed by atoms with Gasteiger partial charge in [-0.25, -0.2) is 8.42 Å². The lowest BCUT2D eigenvalue weighted by Gasteiger charge is -2.38. The van der Waals surface area contributed by atoms with Gasteiger partial charge in [0.25, 0.3) is 10.0 Å². The summed E-state index contributed by atoms with van der Waals surface area (Å²) in [6.45, 7) is -0.0106. The van der Waals surface area contributed by atoms with Crippen LogP contribution in [-0.2, 0) is 21.3 Å². The first-order valence-electron chi connectivity index (χ1n) is 11.8. The number of phenolic OH excluding ortho intramolecular Hbond substituents is 1. The van der Waals surface area contributed by atoms with Crippen LogP contribution in [0, 0.1) is 11.3 Å². The number of methoxy groups -OCH3 is 3. The minimum absolute atomic E-state index is 0.0106. The molecule has 0 bridgehead atoms. The Morgan fingerprint density at radius 3 is 2.36 bits per heavy atom. The second kappa shape index (κ2) is 9.81. The number of hydrogen-bond acceptors (Lipinski definition) is 9. The van der Waals surface area contributed by atoms with Gasteiger partial charge in [-0.3, -0.25) is 4.31 Å². The molecule has 2 aliphatic rings. The highest BCUT2D eigenvalue weighted by molar-refractivity contribution is 7.96. The molecule has 0 saturated heterocycles. The molecule has 0 aromatic heterocycles. The molecule has 0 amide bonds. The summed E-state index contributed by atoms with van der Waals surface area (Å²) in [6.07, 6.45) is 0. The average Bonchev–Trinajstić information content (AvgIpc) is 2.94. The first kappa shape index (κ1) is 25.8. The maximum atomic E-state index is 14.5. The largest absolute Gasteiger partial charge is 0.502 e. The van der Waals surface area contributed by atoms with Crippen molar-refractivity contribution in [3.8, 4) is 29.1 Å². The van der Waals surface area contributed by atoms with Gasteiger partial charge in [-0.15, -0.1) is 0 Å². The number of nitrogens with zero attached hydrogens (tertiary/aromatic N) is 2. The van der Waals surface area contributed by atoms with E-state index in [0.29, 0.717) is 28.1 Å². The Hall–Kier alpha value is -4.82. The summed E-state index contributed by atoms with van der Waals surface area (Å²) < 4.78 is 52.0. The van der Waals surface area contributed by atoms with Crippen LogP contribution in [0.1, 0.15) is 22.6 Å². The fraction of sp³-hybridized carbons (Fsp3) is 0.179. The van der Waals surface area contributed by atoms with Crippen molar-refractivity contribution in [2.75, 3.05) is 25.6 Å². The summed E-state index contributed by atoms with van der Waals surface area (Å²) in [6, 6.07) is 18.9. The summed E-state index contributed by atoms with van der Waals surface area (Å²) in [5.41, 5.74) is 7.98. The van der Waals surface area contributed by atoms with Gasteiger partial charge in [-0.2, -0.15) is 5.26 Å². The van der Waals surface area contributed by atoms with Gasteiger partial charge in [0.05, 0.1) is 39.5 Å². The van der Waals surface area contributed by atoms with E-state index in [4.69, 9.17) is 24.7 Å². The lowest BCUT2D eigenvalue weighted by molar-refractivity contribution is 0.338. The van der Waals surface area contributed by atoms with Gasteiger partial charge >= 0.3 is 0 Å². The summed E-state index contributed by atoms with van der Waals surface area (Å²) in [5, 5.41) is 20.6. The number of fused-ring (bicyclic) bond motifs is 2. The number of sulfonamides is 1. The first-order chi connectivity index (χ1) is 18.7. The normalized spacial score (nSPS) is 17.5. The second-order valence-corrected chi connectivity index (χ2v) is 10.6. The maximum absolute atomic E-state index is 14.5. The molecule has 39 heavy (non-hydrogen) atoms. The van der Waals surface area contributed by atoms with E-state index in [0.717, 1.165) is 0 Å². The Morgan fingerprint density at radius 2 is 1.72 bits per heavy atom. The first-order valence-corrected chi connectivity index (χ1v) is 13.2. The fourth-order valence-electron chi connectivity index (χ4n) is 4.83. The molecule has 0 fully saturated rings. The SMILES string of the molecule is COc1cccc(CN2c3ccccc3C3=C(C(c4cc(OC)c(O)c(OC)c4)C(C#N)=C(N)O3)S2(=O)=O)c1. The molecule has 0 spiro atoms. The quantitative estimate of drug-likeness (QED) is 0.469. The van der Waals surface area contributed by atoms with Crippen molar-refractivity contribution in [2.45, 2.75) is 12.5 Å². The zero-order chi connectivity index (χ0) is 27.9. The number of aromatic hydroxyl groups is 1. The van der Waals surface area contributed by atoms with Gasteiger partial charge in [0.1, 0.15) is 22.3 Å². The predicted molar refractivity (Wildman–Crippen MR) is 143 cm³/mol. The molecule has 0 radical (unpaired) electrons. The van der Waals surface area contributed by atoms with E-state index < -0.39 is 15.9 Å². The molecule has 5 rings (SSSR count). The van der Waals surface area contributed by atoms with Crippen molar-refractivity contribution in [2.24, 2.45) is 5.73 Å². The third-order valence-electron chi connectivity index (χ3n) is 6.65. The van der Waals surface area contributed by atoms with Crippen LogP contribution in [0.25, 0.3) is 5.76 Å². The molecule has 2 aliphatic heterocycles. The molecule has 200 valence electrons. The van der Waals surface area contributed by atoms with Crippen LogP contribution in [0.4, 0.5) is 5.69 Å². The number of anilines is 1. The zero-order valence-corrected chi connectivity index (χ0v) is 22.2. The van der Waals surface area contributed by atoms with Crippen LogP contribution in [0.15, 0.2) is 77.0 Å². The number of allylic oxidation sites excluding steroid dienone is 2. The number of hydrogen-bond donors (Lipinski definition) is 2. The minimum Gasteiger partial charge on any atom is -0.502 e. The van der Waals surface area contributed by atoms with Crippen molar-refractivity contribution < 1.29 is 32.5 Å². The second-order valence-electron chi connectivity index (χ2n) is 8.77. The summed E-state index contributed by atoms with van der Waals surface area (Å²) in [4.78, 5) is -0.162. The van der Waals surface area contributed by atoms with Gasteiger partial charge in [0.2, 0.25) is 11.6 Å². The number of ether oxygens (including phenoxy) is 4. The minimum atomic E-state index is -4.31. The van der Waals surface area contributed by atoms with E-state index in [2.05, 4.69) is 0 Å². The fourth-order valence-corrected chi connectivity index (χ4v) is 6.74. The average molecular weight is 548 g/mol. The molecule has 3 aromatic rings. The van der Waals surface area contributed by atoms with Crippen LogP contribution in [0.3, 0.4) is 0 Å². The molecule has 1 atom stereocenters. The third kappa shape index (κ3) is 4.15. The molecule has 3 N–H and O–H groups in total. The predicted octanol–water partition coefficient (Wildman–Crippen LogP) is 3.94. The van der Waals surface area contributed by atoms with E-state index in [1.165, 1.54) is 37.8 Å². The standard InChI is InChI=1S/C28H25N3O7S/c1-35-18-8-6-7-16(11-18)15-31-21-10-5-4-9-19(21)26-27(39(31,33)34)24(20(14-29)28(30)38-26)17-12-22(36-2)25(32)23(13-17)37-3/h4-13,24,32H,15,30H2,1-3H3. The van der Waals surface area contributed by atoms with E-state index >= 15 is 0 Å². The van der Waals surface area contributed by atoms with E-state index in [1.807, 2.05) is 6.07 Å². The van der Waals surface area contributed by atoms with Crippen molar-refractivity contribution in [1.82, 2.24) is 0 Å². The molecule has 2 heterocycles. The topological polar surface area (TPSA) is 144 Å². The van der Waals surface area contributed by atoms with Gasteiger partial charge in [-0.05, 0) is 47.5 Å². The summed E-state index contributed by atoms with van der Waals surface area (Å²) in [5.74, 6) is -0.977. The van der Waals surface area contributed by atoms with E-state index in [1.54, 1.807) is 48.5 Å². The Morgan fingerprint density at radius 1 is 1.03 bits per heavy atom. The molecule has 0 saturated carbocycles. The van der Waals surface area contributed by atoms with Gasteiger partial charge < -0.3 is 29.8 Å². The van der Waals surface area contributed by atoms with Crippen LogP contribution >= 0.6 is 0 Å². The van der Waals surface area contributed by atoms with Gasteiger partial charge in [0, 0.05) is 5.56 Å². The smallest absolute Gasteiger partial charge is 0.265 e. The maximum Gasteiger partial charge on any atom is 0.265 e. The summed E-state index contributed by atoms with van der Waals surface area (Å²) >= 11 is 0. The Labute approximate surface area is 225 Å². The number of phenols is 1. The Balaban J connectivity index is 1.77. The van der Waals surface area contributed by atoms with Gasteiger partial charge in [-0.1, -0.05) is 24.3 Å². The zero-order valence-electron chi connectivity index (χ0n) is 21.3. The van der Waals surface area contributed by atoms with Crippen molar-refractivity contribution in [3.63, 3.8) is 0 Å². The van der Waals surface area contributed by atoms with Crippen LogP contribution in [-0.4, -0.2) is 34.9 Å². The molecular weight excluding hydrogens is 522 g/mol. The lowest BCUT2D eigenvalue weighted by Crippen LogP contribution is -2.39. The summed E-state index contributed by atoms with van der Waals surface area (Å²) in [7, 11) is -0.0653. The molecule has 11 heteroatoms. The van der Waals surface area contributed by atoms with Crippen molar-refractivity contribution in [1.29, 1.82) is 5.26 Å². The van der Waals surface area contributed by atoms with E-state index in [9.17, 15) is 18.8 Å². The number of para-hydroxylation sites is 1. The number of benzene rings is 3. The monoisotopic (exact) mass is 547 g/mol. The van der Waals surface area contributed by atoms with Crippen LogP contribution < -0.4 is 24.2 Å². The number of nitrogens with two attached hydrogens (primary N) is 1. The molecule has 0 aliphatic carbocycles.